The maximum atomic E-state index is 10.3. The Hall–Kier alpha value is -1.56. The summed E-state index contributed by atoms with van der Waals surface area (Å²) < 4.78 is 0. The Balaban J connectivity index is 2.27. The lowest BCUT2D eigenvalue weighted by atomic mass is 10.3. The normalized spacial score (nSPS) is 14.3. The van der Waals surface area contributed by atoms with Crippen molar-refractivity contribution in [3.63, 3.8) is 0 Å². The number of hydrogen-bond acceptors (Lipinski definition) is 3. The zero-order valence-corrected chi connectivity index (χ0v) is 6.22. The fourth-order valence-electron chi connectivity index (χ4n) is 1.26. The molecule has 4 N–H and O–H groups in total. The molecule has 1 amide bonds. The van der Waals surface area contributed by atoms with Crippen molar-refractivity contribution in [3.8, 4) is 0 Å². The van der Waals surface area contributed by atoms with E-state index in [-0.39, 0.29) is 0 Å². The minimum absolute atomic E-state index is 0.405. The standard InChI is InChI=1S/C6H8N4O2/c11-6(12)8-5-3-1-7-2-4(3)9-10-5/h7H,1-2H2,(H,11,12)(H2,8,9,10). The summed E-state index contributed by atoms with van der Waals surface area (Å²) in [4.78, 5) is 10.3. The van der Waals surface area contributed by atoms with Gasteiger partial charge < -0.3 is 10.4 Å². The summed E-state index contributed by atoms with van der Waals surface area (Å²) in [7, 11) is 0. The van der Waals surface area contributed by atoms with Gasteiger partial charge in [-0.2, -0.15) is 5.10 Å². The molecule has 0 atom stereocenters. The third-order valence-electron chi connectivity index (χ3n) is 1.78. The maximum Gasteiger partial charge on any atom is 0.410 e. The summed E-state index contributed by atoms with van der Waals surface area (Å²) in [5.41, 5.74) is 1.87. The first-order valence-electron chi connectivity index (χ1n) is 3.54. The summed E-state index contributed by atoms with van der Waals surface area (Å²) in [6.07, 6.45) is -1.09. The van der Waals surface area contributed by atoms with Crippen LogP contribution in [0.1, 0.15) is 11.3 Å². The third kappa shape index (κ3) is 1.02. The van der Waals surface area contributed by atoms with E-state index in [1.165, 1.54) is 0 Å². The van der Waals surface area contributed by atoms with E-state index in [0.717, 1.165) is 17.8 Å². The third-order valence-corrected chi connectivity index (χ3v) is 1.78. The number of aromatic amines is 1. The van der Waals surface area contributed by atoms with Crippen LogP contribution in [0.3, 0.4) is 0 Å². The summed E-state index contributed by atoms with van der Waals surface area (Å²) in [5, 5.41) is 20.3. The number of aromatic nitrogens is 2. The minimum Gasteiger partial charge on any atom is -0.465 e. The predicted molar refractivity (Wildman–Crippen MR) is 40.8 cm³/mol. The maximum absolute atomic E-state index is 10.3. The first kappa shape index (κ1) is 7.11. The first-order chi connectivity index (χ1) is 5.77. The van der Waals surface area contributed by atoms with E-state index in [2.05, 4.69) is 20.8 Å². The highest BCUT2D eigenvalue weighted by molar-refractivity contribution is 5.82. The Morgan fingerprint density at radius 3 is 3.17 bits per heavy atom. The molecule has 0 radical (unpaired) electrons. The van der Waals surface area contributed by atoms with Crippen LogP contribution in [0.5, 0.6) is 0 Å². The van der Waals surface area contributed by atoms with Crippen molar-refractivity contribution in [1.29, 1.82) is 0 Å². The molecule has 0 fully saturated rings. The summed E-state index contributed by atoms with van der Waals surface area (Å²) in [5.74, 6) is 0.405. The van der Waals surface area contributed by atoms with Gasteiger partial charge in [0.25, 0.3) is 0 Å². The molecule has 2 rings (SSSR count). The molecule has 0 aliphatic carbocycles. The minimum atomic E-state index is -1.09. The fourth-order valence-corrected chi connectivity index (χ4v) is 1.26. The topological polar surface area (TPSA) is 90.0 Å². The van der Waals surface area contributed by atoms with Crippen molar-refractivity contribution in [2.45, 2.75) is 13.1 Å². The number of rotatable bonds is 1. The van der Waals surface area contributed by atoms with Crippen LogP contribution in [-0.4, -0.2) is 21.4 Å². The molecular weight excluding hydrogens is 160 g/mol. The molecule has 2 heterocycles. The average Bonchev–Trinajstić information content (AvgIpc) is 2.52. The number of anilines is 1. The van der Waals surface area contributed by atoms with E-state index in [1.54, 1.807) is 0 Å². The molecule has 1 aliphatic rings. The Bertz CT molecular complexity index is 319. The van der Waals surface area contributed by atoms with Gasteiger partial charge in [0.1, 0.15) is 0 Å². The number of H-pyrrole nitrogens is 1. The van der Waals surface area contributed by atoms with Gasteiger partial charge in [-0.3, -0.25) is 10.4 Å². The zero-order valence-electron chi connectivity index (χ0n) is 6.22. The Morgan fingerprint density at radius 1 is 1.58 bits per heavy atom. The number of nitrogens with zero attached hydrogens (tertiary/aromatic N) is 1. The van der Waals surface area contributed by atoms with Gasteiger partial charge in [-0.15, -0.1) is 0 Å². The SMILES string of the molecule is O=C(O)Nc1n[nH]c2c1CNC2. The zero-order chi connectivity index (χ0) is 8.55. The Kier molecular flexibility index (Phi) is 1.47. The van der Waals surface area contributed by atoms with E-state index in [9.17, 15) is 4.79 Å². The van der Waals surface area contributed by atoms with Gasteiger partial charge in [0, 0.05) is 18.7 Å². The highest BCUT2D eigenvalue weighted by Crippen LogP contribution is 2.20. The number of nitrogens with one attached hydrogen (secondary N) is 3. The molecule has 6 nitrogen and oxygen atoms in total. The van der Waals surface area contributed by atoms with Gasteiger partial charge in [0.05, 0.1) is 5.69 Å². The Morgan fingerprint density at radius 2 is 2.42 bits per heavy atom. The molecule has 6 heteroatoms. The molecule has 0 saturated heterocycles. The van der Waals surface area contributed by atoms with Crippen molar-refractivity contribution in [2.75, 3.05) is 5.32 Å². The van der Waals surface area contributed by atoms with Gasteiger partial charge in [-0.1, -0.05) is 0 Å². The van der Waals surface area contributed by atoms with Crippen molar-refractivity contribution < 1.29 is 9.90 Å². The molecule has 0 aromatic carbocycles. The number of amides is 1. The van der Waals surface area contributed by atoms with Crippen LogP contribution >= 0.6 is 0 Å². The van der Waals surface area contributed by atoms with E-state index in [4.69, 9.17) is 5.11 Å². The van der Waals surface area contributed by atoms with E-state index >= 15 is 0 Å². The quantitative estimate of drug-likeness (QED) is 0.478. The van der Waals surface area contributed by atoms with Gasteiger partial charge in [-0.25, -0.2) is 4.79 Å². The Labute approximate surface area is 68.0 Å². The lowest BCUT2D eigenvalue weighted by Gasteiger charge is -1.96. The lowest BCUT2D eigenvalue weighted by Crippen LogP contribution is -2.10. The van der Waals surface area contributed by atoms with E-state index in [0.29, 0.717) is 12.4 Å². The van der Waals surface area contributed by atoms with Crippen LogP contribution in [0.15, 0.2) is 0 Å². The molecule has 0 spiro atoms. The predicted octanol–water partition coefficient (Wildman–Crippen LogP) is 0.103. The second-order valence-corrected chi connectivity index (χ2v) is 2.56. The van der Waals surface area contributed by atoms with Crippen LogP contribution in [0.4, 0.5) is 10.6 Å². The van der Waals surface area contributed by atoms with E-state index < -0.39 is 6.09 Å². The second kappa shape index (κ2) is 2.49. The average molecular weight is 168 g/mol. The second-order valence-electron chi connectivity index (χ2n) is 2.56. The van der Waals surface area contributed by atoms with Crippen LogP contribution in [-0.2, 0) is 13.1 Å². The van der Waals surface area contributed by atoms with Crippen molar-refractivity contribution in [1.82, 2.24) is 15.5 Å². The number of carbonyl (C=O) groups is 1. The smallest absolute Gasteiger partial charge is 0.410 e. The van der Waals surface area contributed by atoms with Crippen LogP contribution in [0.2, 0.25) is 0 Å². The molecule has 0 saturated carbocycles. The molecule has 0 bridgehead atoms. The highest BCUT2D eigenvalue weighted by atomic mass is 16.4. The van der Waals surface area contributed by atoms with Gasteiger partial charge in [0.15, 0.2) is 5.82 Å². The fraction of sp³-hybridized carbons (Fsp3) is 0.333. The molecule has 64 valence electrons. The van der Waals surface area contributed by atoms with Crippen molar-refractivity contribution >= 4 is 11.9 Å². The summed E-state index contributed by atoms with van der Waals surface area (Å²) >= 11 is 0. The molecule has 1 aromatic rings. The van der Waals surface area contributed by atoms with Crippen LogP contribution in [0, 0.1) is 0 Å². The monoisotopic (exact) mass is 168 g/mol. The summed E-state index contributed by atoms with van der Waals surface area (Å²) in [6, 6.07) is 0. The van der Waals surface area contributed by atoms with Crippen molar-refractivity contribution in [2.24, 2.45) is 0 Å². The van der Waals surface area contributed by atoms with Gasteiger partial charge >= 0.3 is 6.09 Å². The number of carboxylic acid groups (broad SMARTS) is 1. The lowest BCUT2D eigenvalue weighted by molar-refractivity contribution is 0.209. The van der Waals surface area contributed by atoms with Crippen molar-refractivity contribution in [3.05, 3.63) is 11.3 Å². The molecule has 1 aromatic heterocycles. The van der Waals surface area contributed by atoms with Gasteiger partial charge in [-0.05, 0) is 0 Å². The van der Waals surface area contributed by atoms with Crippen LogP contribution < -0.4 is 10.6 Å². The number of hydrogen-bond donors (Lipinski definition) is 4. The summed E-state index contributed by atoms with van der Waals surface area (Å²) in [6.45, 7) is 1.39. The molecule has 12 heavy (non-hydrogen) atoms. The largest absolute Gasteiger partial charge is 0.465 e. The number of fused-ring (bicyclic) bond motifs is 1. The molecular formula is C6H8N4O2. The van der Waals surface area contributed by atoms with E-state index in [1.807, 2.05) is 0 Å². The first-order valence-corrected chi connectivity index (χ1v) is 3.54. The van der Waals surface area contributed by atoms with Gasteiger partial charge in [0.2, 0.25) is 0 Å². The van der Waals surface area contributed by atoms with Crippen LogP contribution in [0.25, 0.3) is 0 Å². The molecule has 1 aliphatic heterocycles. The molecule has 0 unspecified atom stereocenters. The highest BCUT2D eigenvalue weighted by Gasteiger charge is 2.18.